The van der Waals surface area contributed by atoms with Crippen molar-refractivity contribution in [3.63, 3.8) is 0 Å². The van der Waals surface area contributed by atoms with E-state index in [9.17, 15) is 9.59 Å². The molecule has 0 saturated heterocycles. The number of carbonyl (C=O) groups is 2. The first-order valence-electron chi connectivity index (χ1n) is 7.76. The first kappa shape index (κ1) is 15.8. The van der Waals surface area contributed by atoms with E-state index in [0.717, 1.165) is 22.2 Å². The number of para-hydroxylation sites is 1. The third-order valence-corrected chi connectivity index (χ3v) is 4.09. The second-order valence-corrected chi connectivity index (χ2v) is 5.76. The van der Waals surface area contributed by atoms with Gasteiger partial charge in [0.2, 0.25) is 11.8 Å². The molecule has 0 fully saturated rings. The van der Waals surface area contributed by atoms with Gasteiger partial charge < -0.3 is 16.0 Å². The molecule has 3 rings (SSSR count). The number of primary amides is 1. The maximum atomic E-state index is 12.5. The van der Waals surface area contributed by atoms with Crippen molar-refractivity contribution in [3.05, 3.63) is 71.4 Å². The van der Waals surface area contributed by atoms with Crippen molar-refractivity contribution in [1.29, 1.82) is 0 Å². The summed E-state index contributed by atoms with van der Waals surface area (Å²) in [4.78, 5) is 27.4. The Morgan fingerprint density at radius 1 is 1.08 bits per heavy atom. The summed E-state index contributed by atoms with van der Waals surface area (Å²) in [5.41, 5.74) is 8.99. The van der Waals surface area contributed by atoms with Gasteiger partial charge in [-0.3, -0.25) is 9.59 Å². The molecule has 5 nitrogen and oxygen atoms in total. The number of hydrogen-bond donors (Lipinski definition) is 3. The molecular formula is C19H19N3O2. The predicted octanol–water partition coefficient (Wildman–Crippen LogP) is 2.36. The number of benzene rings is 2. The summed E-state index contributed by atoms with van der Waals surface area (Å²) in [5.74, 6) is -0.819. The molecule has 122 valence electrons. The largest absolute Gasteiger partial charge is 0.368 e. The smallest absolute Gasteiger partial charge is 0.244 e. The summed E-state index contributed by atoms with van der Waals surface area (Å²) in [5, 5.41) is 3.75. The Bertz CT molecular complexity index is 884. The lowest BCUT2D eigenvalue weighted by molar-refractivity contribution is -0.127. The Kier molecular flexibility index (Phi) is 4.33. The van der Waals surface area contributed by atoms with Gasteiger partial charge in [-0.25, -0.2) is 0 Å². The van der Waals surface area contributed by atoms with Crippen molar-refractivity contribution >= 4 is 22.7 Å². The highest BCUT2D eigenvalue weighted by Gasteiger charge is 2.21. The van der Waals surface area contributed by atoms with Gasteiger partial charge in [0, 0.05) is 16.6 Å². The SMILES string of the molecule is Cc1[nH]c2ccccc2c1CC(=O)NC(C(N)=O)c1ccccc1. The molecular weight excluding hydrogens is 302 g/mol. The molecule has 1 heterocycles. The van der Waals surface area contributed by atoms with Crippen LogP contribution >= 0.6 is 0 Å². The molecule has 1 atom stereocenters. The van der Waals surface area contributed by atoms with Crippen molar-refractivity contribution in [3.8, 4) is 0 Å². The lowest BCUT2D eigenvalue weighted by atomic mass is 10.0. The molecule has 1 aromatic heterocycles. The topological polar surface area (TPSA) is 88.0 Å². The van der Waals surface area contributed by atoms with Crippen LogP contribution in [0, 0.1) is 6.92 Å². The van der Waals surface area contributed by atoms with Crippen LogP contribution in [0.3, 0.4) is 0 Å². The van der Waals surface area contributed by atoms with Crippen LogP contribution in [0.4, 0.5) is 0 Å². The monoisotopic (exact) mass is 321 g/mol. The number of fused-ring (bicyclic) bond motifs is 1. The number of aryl methyl sites for hydroxylation is 1. The first-order valence-corrected chi connectivity index (χ1v) is 7.76. The quantitative estimate of drug-likeness (QED) is 0.673. The summed E-state index contributed by atoms with van der Waals surface area (Å²) < 4.78 is 0. The molecule has 1 unspecified atom stereocenters. The number of H-pyrrole nitrogens is 1. The standard InChI is InChI=1S/C19H19N3O2/c1-12-15(14-9-5-6-10-16(14)21-12)11-17(23)22-18(19(20)24)13-7-3-2-4-8-13/h2-10,18,21H,11H2,1H3,(H2,20,24)(H,22,23). The lowest BCUT2D eigenvalue weighted by Gasteiger charge is -2.16. The average Bonchev–Trinajstić information content (AvgIpc) is 2.89. The molecule has 2 aromatic carbocycles. The Morgan fingerprint density at radius 3 is 2.46 bits per heavy atom. The highest BCUT2D eigenvalue weighted by molar-refractivity contribution is 5.92. The highest BCUT2D eigenvalue weighted by Crippen LogP contribution is 2.22. The minimum Gasteiger partial charge on any atom is -0.368 e. The van der Waals surface area contributed by atoms with E-state index < -0.39 is 11.9 Å². The molecule has 0 aliphatic rings. The van der Waals surface area contributed by atoms with Gasteiger partial charge in [0.15, 0.2) is 0 Å². The van der Waals surface area contributed by atoms with Crippen LogP contribution in [0.2, 0.25) is 0 Å². The van der Waals surface area contributed by atoms with Crippen molar-refractivity contribution in [2.45, 2.75) is 19.4 Å². The number of nitrogens with one attached hydrogen (secondary N) is 2. The summed E-state index contributed by atoms with van der Waals surface area (Å²) in [6, 6.07) is 16.0. The molecule has 0 aliphatic carbocycles. The zero-order valence-corrected chi connectivity index (χ0v) is 13.4. The minimum atomic E-state index is -0.829. The van der Waals surface area contributed by atoms with Crippen molar-refractivity contribution in [1.82, 2.24) is 10.3 Å². The number of hydrogen-bond acceptors (Lipinski definition) is 2. The zero-order valence-electron chi connectivity index (χ0n) is 13.4. The van der Waals surface area contributed by atoms with Crippen LogP contribution in [0.1, 0.15) is 22.9 Å². The summed E-state index contributed by atoms with van der Waals surface area (Å²) in [6.45, 7) is 1.94. The second-order valence-electron chi connectivity index (χ2n) is 5.76. The van der Waals surface area contributed by atoms with Gasteiger partial charge in [0.05, 0.1) is 6.42 Å². The van der Waals surface area contributed by atoms with E-state index in [1.54, 1.807) is 24.3 Å². The third kappa shape index (κ3) is 3.15. The van der Waals surface area contributed by atoms with E-state index in [1.807, 2.05) is 37.3 Å². The van der Waals surface area contributed by atoms with Gasteiger partial charge in [-0.2, -0.15) is 0 Å². The van der Waals surface area contributed by atoms with Gasteiger partial charge in [0.25, 0.3) is 0 Å². The molecule has 3 aromatic rings. The second kappa shape index (κ2) is 6.58. The van der Waals surface area contributed by atoms with Crippen molar-refractivity contribution in [2.75, 3.05) is 0 Å². The average molecular weight is 321 g/mol. The van der Waals surface area contributed by atoms with Crippen molar-refractivity contribution < 1.29 is 9.59 Å². The van der Waals surface area contributed by atoms with Crippen LogP contribution in [0.25, 0.3) is 10.9 Å². The zero-order chi connectivity index (χ0) is 17.1. The molecule has 0 bridgehead atoms. The normalized spacial score (nSPS) is 12.0. The van der Waals surface area contributed by atoms with Crippen LogP contribution in [0.15, 0.2) is 54.6 Å². The predicted molar refractivity (Wildman–Crippen MR) is 93.3 cm³/mol. The number of aromatic amines is 1. The van der Waals surface area contributed by atoms with E-state index >= 15 is 0 Å². The Labute approximate surface area is 139 Å². The van der Waals surface area contributed by atoms with E-state index in [0.29, 0.717) is 5.56 Å². The molecule has 2 amide bonds. The fourth-order valence-electron chi connectivity index (χ4n) is 2.90. The van der Waals surface area contributed by atoms with Gasteiger partial charge in [-0.1, -0.05) is 48.5 Å². The fraction of sp³-hybridized carbons (Fsp3) is 0.158. The lowest BCUT2D eigenvalue weighted by Crippen LogP contribution is -2.38. The molecule has 0 aliphatic heterocycles. The molecule has 5 heteroatoms. The van der Waals surface area contributed by atoms with Crippen LogP contribution < -0.4 is 11.1 Å². The van der Waals surface area contributed by atoms with Gasteiger partial charge in [-0.15, -0.1) is 0 Å². The van der Waals surface area contributed by atoms with Crippen LogP contribution in [-0.2, 0) is 16.0 Å². The first-order chi connectivity index (χ1) is 11.6. The Morgan fingerprint density at radius 2 is 1.75 bits per heavy atom. The van der Waals surface area contributed by atoms with Gasteiger partial charge in [-0.05, 0) is 24.1 Å². The Balaban J connectivity index is 1.81. The molecule has 4 N–H and O–H groups in total. The van der Waals surface area contributed by atoms with E-state index in [4.69, 9.17) is 5.73 Å². The minimum absolute atomic E-state index is 0.187. The maximum absolute atomic E-state index is 12.5. The number of amides is 2. The fourth-order valence-corrected chi connectivity index (χ4v) is 2.90. The van der Waals surface area contributed by atoms with Crippen LogP contribution in [-0.4, -0.2) is 16.8 Å². The number of carbonyl (C=O) groups excluding carboxylic acids is 2. The number of aromatic nitrogens is 1. The van der Waals surface area contributed by atoms with E-state index in [1.165, 1.54) is 0 Å². The Hall–Kier alpha value is -3.08. The summed E-state index contributed by atoms with van der Waals surface area (Å²) in [7, 11) is 0. The molecule has 24 heavy (non-hydrogen) atoms. The highest BCUT2D eigenvalue weighted by atomic mass is 16.2. The van der Waals surface area contributed by atoms with Gasteiger partial charge in [0.1, 0.15) is 6.04 Å². The summed E-state index contributed by atoms with van der Waals surface area (Å²) in [6.07, 6.45) is 0.187. The molecule has 0 radical (unpaired) electrons. The molecule has 0 spiro atoms. The van der Waals surface area contributed by atoms with Gasteiger partial charge >= 0.3 is 0 Å². The number of rotatable bonds is 5. The van der Waals surface area contributed by atoms with Crippen LogP contribution in [0.5, 0.6) is 0 Å². The molecule has 0 saturated carbocycles. The van der Waals surface area contributed by atoms with E-state index in [-0.39, 0.29) is 12.3 Å². The van der Waals surface area contributed by atoms with E-state index in [2.05, 4.69) is 10.3 Å². The maximum Gasteiger partial charge on any atom is 0.244 e. The van der Waals surface area contributed by atoms with Crippen molar-refractivity contribution in [2.24, 2.45) is 5.73 Å². The summed E-state index contributed by atoms with van der Waals surface area (Å²) >= 11 is 0. The number of nitrogens with two attached hydrogens (primary N) is 1. The third-order valence-electron chi connectivity index (χ3n) is 4.09.